The predicted molar refractivity (Wildman–Crippen MR) is 142 cm³/mol. The lowest BCUT2D eigenvalue weighted by Gasteiger charge is -2.35. The molecule has 1 aliphatic carbocycles. The number of carbonyl (C=O) groups is 1. The molecule has 1 aliphatic rings. The van der Waals surface area contributed by atoms with Gasteiger partial charge in [-0.3, -0.25) is 9.79 Å². The van der Waals surface area contributed by atoms with E-state index in [1.54, 1.807) is 14.2 Å². The van der Waals surface area contributed by atoms with Crippen LogP contribution in [0.5, 0.6) is 11.5 Å². The number of carbonyl (C=O) groups excluding carboxylic acids is 1. The molecular weight excluding hydrogens is 456 g/mol. The Labute approximate surface area is 213 Å². The molecule has 0 amide bonds. The Morgan fingerprint density at radius 3 is 2.44 bits per heavy atom. The number of aromatic nitrogens is 1. The number of ketones is 1. The Balaban J connectivity index is 1.96. The van der Waals surface area contributed by atoms with Gasteiger partial charge in [-0.05, 0) is 49.9 Å². The van der Waals surface area contributed by atoms with Crippen LogP contribution < -0.4 is 9.47 Å². The van der Waals surface area contributed by atoms with E-state index in [1.165, 1.54) is 0 Å². The van der Waals surface area contributed by atoms with Crippen molar-refractivity contribution in [2.75, 3.05) is 34.0 Å². The highest BCUT2D eigenvalue weighted by Crippen LogP contribution is 2.48. The number of hydrogen-bond donors (Lipinski definition) is 0. The van der Waals surface area contributed by atoms with E-state index in [0.717, 1.165) is 33.3 Å². The monoisotopic (exact) mass is 492 g/mol. The molecule has 0 bridgehead atoms. The average Bonchev–Trinajstić information content (AvgIpc) is 3.16. The molecule has 0 unspecified atom stereocenters. The summed E-state index contributed by atoms with van der Waals surface area (Å²) in [7, 11) is 3.33. The molecular formula is C29H36N2O5. The summed E-state index contributed by atoms with van der Waals surface area (Å²) in [6, 6.07) is 9.98. The van der Waals surface area contributed by atoms with Gasteiger partial charge in [-0.2, -0.15) is 0 Å². The van der Waals surface area contributed by atoms with Gasteiger partial charge < -0.3 is 23.5 Å². The molecule has 7 heteroatoms. The molecule has 192 valence electrons. The second-order valence-corrected chi connectivity index (χ2v) is 9.91. The maximum absolute atomic E-state index is 14.1. The minimum atomic E-state index is -0.474. The first-order valence-corrected chi connectivity index (χ1v) is 12.3. The normalized spacial score (nSPS) is 14.1. The number of nitrogens with zero attached hydrogens (tertiary/aromatic N) is 2. The molecule has 0 fully saturated rings. The van der Waals surface area contributed by atoms with Gasteiger partial charge in [0.2, 0.25) is 0 Å². The number of hydrogen-bond acceptors (Lipinski definition) is 6. The standard InChI is InChI=1S/C29H36N2O5/c1-18(2)36-25-15-21-22(16-24(25)35-13-12-34-7)29(3,4)28-26(27(21)32)20-9-8-19(17-30-5)14-23(20)31(28)10-11-33-6/h8-9,14-16,18H,5,10-13,17H2,1-4,6-7H3. The van der Waals surface area contributed by atoms with E-state index in [-0.39, 0.29) is 11.9 Å². The maximum atomic E-state index is 14.1. The molecule has 0 saturated heterocycles. The van der Waals surface area contributed by atoms with Crippen LogP contribution >= 0.6 is 0 Å². The fourth-order valence-corrected chi connectivity index (χ4v) is 5.14. The van der Waals surface area contributed by atoms with E-state index in [9.17, 15) is 4.79 Å². The van der Waals surface area contributed by atoms with Gasteiger partial charge >= 0.3 is 0 Å². The van der Waals surface area contributed by atoms with E-state index in [2.05, 4.69) is 36.2 Å². The van der Waals surface area contributed by atoms with Crippen LogP contribution in [0.15, 0.2) is 35.3 Å². The second-order valence-electron chi connectivity index (χ2n) is 9.91. The Bertz CT molecular complexity index is 1290. The van der Waals surface area contributed by atoms with Gasteiger partial charge in [0, 0.05) is 48.3 Å². The van der Waals surface area contributed by atoms with Gasteiger partial charge in [-0.1, -0.05) is 26.0 Å². The SMILES string of the molecule is C=NCc1ccc2c3c(n(CCOC)c2c1)C(C)(C)c1cc(OCCOC)c(OC(C)C)cc1C3=O. The van der Waals surface area contributed by atoms with Crippen molar-refractivity contribution in [1.29, 1.82) is 0 Å². The molecule has 1 heterocycles. The fraction of sp³-hybridized carbons (Fsp3) is 0.448. The zero-order valence-electron chi connectivity index (χ0n) is 22.1. The minimum Gasteiger partial charge on any atom is -0.487 e. The highest BCUT2D eigenvalue weighted by molar-refractivity contribution is 6.20. The van der Waals surface area contributed by atoms with Crippen LogP contribution in [-0.2, 0) is 28.0 Å². The van der Waals surface area contributed by atoms with E-state index < -0.39 is 5.41 Å². The lowest BCUT2D eigenvalue weighted by molar-refractivity contribution is 0.102. The van der Waals surface area contributed by atoms with Crippen molar-refractivity contribution in [3.8, 4) is 11.5 Å². The first kappa shape index (κ1) is 25.9. The van der Waals surface area contributed by atoms with Crippen LogP contribution in [0.4, 0.5) is 0 Å². The number of benzene rings is 2. The third-order valence-electron chi connectivity index (χ3n) is 6.67. The van der Waals surface area contributed by atoms with Crippen LogP contribution in [0.25, 0.3) is 10.9 Å². The number of ether oxygens (including phenoxy) is 4. The Morgan fingerprint density at radius 1 is 1.03 bits per heavy atom. The van der Waals surface area contributed by atoms with E-state index in [0.29, 0.717) is 50.0 Å². The van der Waals surface area contributed by atoms with Crippen molar-refractivity contribution in [3.05, 3.63) is 58.3 Å². The molecule has 0 atom stereocenters. The largest absolute Gasteiger partial charge is 0.487 e. The van der Waals surface area contributed by atoms with Crippen molar-refractivity contribution >= 4 is 23.4 Å². The molecule has 4 rings (SSSR count). The zero-order chi connectivity index (χ0) is 26.0. The fourth-order valence-electron chi connectivity index (χ4n) is 5.14. The van der Waals surface area contributed by atoms with Crippen molar-refractivity contribution < 1.29 is 23.7 Å². The molecule has 36 heavy (non-hydrogen) atoms. The van der Waals surface area contributed by atoms with Crippen molar-refractivity contribution in [2.24, 2.45) is 4.99 Å². The van der Waals surface area contributed by atoms with Gasteiger partial charge in [0.15, 0.2) is 17.3 Å². The van der Waals surface area contributed by atoms with Crippen molar-refractivity contribution in [3.63, 3.8) is 0 Å². The topological polar surface area (TPSA) is 71.3 Å². The summed E-state index contributed by atoms with van der Waals surface area (Å²) in [6.07, 6.45) is -0.0667. The van der Waals surface area contributed by atoms with Gasteiger partial charge in [0.25, 0.3) is 0 Å². The summed E-state index contributed by atoms with van der Waals surface area (Å²) in [4.78, 5) is 18.2. The Morgan fingerprint density at radius 2 is 1.78 bits per heavy atom. The quantitative estimate of drug-likeness (QED) is 0.273. The third kappa shape index (κ3) is 4.53. The summed E-state index contributed by atoms with van der Waals surface area (Å²) in [5.74, 6) is 1.17. The smallest absolute Gasteiger partial charge is 0.195 e. The highest BCUT2D eigenvalue weighted by Gasteiger charge is 2.42. The minimum absolute atomic E-state index is 0.00728. The van der Waals surface area contributed by atoms with Gasteiger partial charge in [0.05, 0.1) is 31.4 Å². The first-order valence-electron chi connectivity index (χ1n) is 12.3. The second kappa shape index (κ2) is 10.4. The maximum Gasteiger partial charge on any atom is 0.195 e. The van der Waals surface area contributed by atoms with Crippen LogP contribution in [0.3, 0.4) is 0 Å². The lowest BCUT2D eigenvalue weighted by atomic mass is 9.71. The highest BCUT2D eigenvalue weighted by atomic mass is 16.5. The lowest BCUT2D eigenvalue weighted by Crippen LogP contribution is -2.33. The third-order valence-corrected chi connectivity index (χ3v) is 6.67. The van der Waals surface area contributed by atoms with Crippen LogP contribution in [0.1, 0.15) is 60.4 Å². The zero-order valence-corrected chi connectivity index (χ0v) is 22.1. The summed E-state index contributed by atoms with van der Waals surface area (Å²) in [6.45, 7) is 14.4. The predicted octanol–water partition coefficient (Wildman–Crippen LogP) is 5.17. The molecule has 0 N–H and O–H groups in total. The number of aliphatic imine (C=N–C) groups is 1. The van der Waals surface area contributed by atoms with Crippen LogP contribution in [0.2, 0.25) is 0 Å². The molecule has 7 nitrogen and oxygen atoms in total. The molecule has 0 aliphatic heterocycles. The molecule has 2 aromatic carbocycles. The molecule has 1 aromatic heterocycles. The molecule has 0 radical (unpaired) electrons. The van der Waals surface area contributed by atoms with E-state index >= 15 is 0 Å². The van der Waals surface area contributed by atoms with Gasteiger partial charge in [-0.15, -0.1) is 0 Å². The molecule has 0 spiro atoms. The number of rotatable bonds is 11. The molecule has 0 saturated carbocycles. The average molecular weight is 493 g/mol. The Hall–Kier alpha value is -3.16. The Kier molecular flexibility index (Phi) is 7.52. The van der Waals surface area contributed by atoms with E-state index in [4.69, 9.17) is 18.9 Å². The molecule has 3 aromatic rings. The number of methoxy groups -OCH3 is 2. The van der Waals surface area contributed by atoms with Gasteiger partial charge in [-0.25, -0.2) is 0 Å². The number of fused-ring (bicyclic) bond motifs is 4. The van der Waals surface area contributed by atoms with E-state index in [1.807, 2.05) is 38.1 Å². The van der Waals surface area contributed by atoms with Crippen LogP contribution in [0, 0.1) is 0 Å². The summed E-state index contributed by atoms with van der Waals surface area (Å²) >= 11 is 0. The summed E-state index contributed by atoms with van der Waals surface area (Å²) < 4.78 is 25.0. The summed E-state index contributed by atoms with van der Waals surface area (Å²) in [5, 5.41) is 0.935. The summed E-state index contributed by atoms with van der Waals surface area (Å²) in [5.41, 5.74) is 4.86. The first-order chi connectivity index (χ1) is 17.2. The van der Waals surface area contributed by atoms with Crippen LogP contribution in [-0.4, -0.2) is 57.2 Å². The van der Waals surface area contributed by atoms with Gasteiger partial charge in [0.1, 0.15) is 6.61 Å². The van der Waals surface area contributed by atoms with Crippen molar-refractivity contribution in [1.82, 2.24) is 4.57 Å². The van der Waals surface area contributed by atoms with Crippen molar-refractivity contribution in [2.45, 2.75) is 52.3 Å².